The molecule has 0 amide bonds. The summed E-state index contributed by atoms with van der Waals surface area (Å²) in [5, 5.41) is 21.4. The number of thiophene rings is 2. The van der Waals surface area contributed by atoms with Crippen LogP contribution in [-0.4, -0.2) is 21.4 Å². The number of aliphatic hydroxyl groups is 1. The van der Waals surface area contributed by atoms with Gasteiger partial charge < -0.3 is 14.7 Å². The van der Waals surface area contributed by atoms with Crippen molar-refractivity contribution in [1.29, 1.82) is 0 Å². The molecule has 1 N–H and O–H groups in total. The summed E-state index contributed by atoms with van der Waals surface area (Å²) in [7, 11) is 1.69. The summed E-state index contributed by atoms with van der Waals surface area (Å²) in [4.78, 5) is 2.24. The van der Waals surface area contributed by atoms with Crippen LogP contribution >= 0.6 is 22.7 Å². The molecule has 0 spiro atoms. The summed E-state index contributed by atoms with van der Waals surface area (Å²) in [5.74, 6) is 0.807. The maximum atomic E-state index is 9.74. The van der Waals surface area contributed by atoms with Crippen LogP contribution in [0, 0.1) is 0 Å². The molecule has 10 rings (SSSR count). The first-order valence-electron chi connectivity index (χ1n) is 17.5. The minimum Gasteiger partial charge on any atom is -0.497 e. The second kappa shape index (κ2) is 12.8. The lowest BCUT2D eigenvalue weighted by Gasteiger charge is -2.26. The van der Waals surface area contributed by atoms with Gasteiger partial charge >= 0.3 is 0 Å². The molecule has 0 aliphatic heterocycles. The van der Waals surface area contributed by atoms with Crippen molar-refractivity contribution in [2.75, 3.05) is 12.0 Å². The van der Waals surface area contributed by atoms with E-state index < -0.39 is 0 Å². The number of aliphatic hydroxyl groups excluding tert-OH is 1. The van der Waals surface area contributed by atoms with Crippen molar-refractivity contribution in [3.63, 3.8) is 0 Å². The maximum Gasteiger partial charge on any atom is 0.119 e. The van der Waals surface area contributed by atoms with Gasteiger partial charge in [0.05, 0.1) is 35.8 Å². The highest BCUT2D eigenvalue weighted by molar-refractivity contribution is 7.13. The number of hydrogen-bond donors (Lipinski definition) is 1. The SMILES string of the molecule is COc1ccc(N(c2ccc(CO)cc2)c2ccc(-c3cc4c5ccccc5n(-c5cccs5)c4c4c3c3ccccc3n4-c3cccs3)cc2)cc1. The minimum atomic E-state index is 0.00517. The van der Waals surface area contributed by atoms with E-state index >= 15 is 0 Å². The molecule has 4 heterocycles. The van der Waals surface area contributed by atoms with E-state index in [0.717, 1.165) is 33.9 Å². The van der Waals surface area contributed by atoms with Crippen LogP contribution in [0.4, 0.5) is 17.1 Å². The molecule has 0 aliphatic rings. The molecule has 7 heteroatoms. The Morgan fingerprint density at radius 1 is 0.566 bits per heavy atom. The Kier molecular flexibility index (Phi) is 7.65. The van der Waals surface area contributed by atoms with Crippen LogP contribution < -0.4 is 9.64 Å². The summed E-state index contributed by atoms with van der Waals surface area (Å²) in [6.45, 7) is 0.00517. The zero-order valence-corrected chi connectivity index (χ0v) is 30.4. The zero-order chi connectivity index (χ0) is 35.5. The number of aromatic nitrogens is 2. The third kappa shape index (κ3) is 5.08. The number of ether oxygens (including phenoxy) is 1. The Bertz CT molecular complexity index is 2840. The molecule has 0 saturated heterocycles. The van der Waals surface area contributed by atoms with E-state index in [9.17, 15) is 5.11 Å². The summed E-state index contributed by atoms with van der Waals surface area (Å²) in [5.41, 5.74) is 11.1. The van der Waals surface area contributed by atoms with E-state index in [2.05, 4.69) is 152 Å². The smallest absolute Gasteiger partial charge is 0.119 e. The van der Waals surface area contributed by atoms with E-state index in [1.807, 2.05) is 24.3 Å². The highest BCUT2D eigenvalue weighted by Crippen LogP contribution is 2.47. The topological polar surface area (TPSA) is 42.6 Å². The van der Waals surface area contributed by atoms with Crippen molar-refractivity contribution in [3.8, 4) is 26.9 Å². The first-order valence-corrected chi connectivity index (χ1v) is 19.3. The third-order valence-corrected chi connectivity index (χ3v) is 11.9. The van der Waals surface area contributed by atoms with E-state index in [0.29, 0.717) is 0 Å². The fourth-order valence-corrected chi connectivity index (χ4v) is 9.29. The Morgan fingerprint density at radius 2 is 1.11 bits per heavy atom. The molecule has 0 unspecified atom stereocenters. The molecule has 0 atom stereocenters. The van der Waals surface area contributed by atoms with Gasteiger partial charge in [-0.25, -0.2) is 0 Å². The minimum absolute atomic E-state index is 0.00517. The summed E-state index contributed by atoms with van der Waals surface area (Å²) < 4.78 is 10.4. The van der Waals surface area contributed by atoms with Gasteiger partial charge in [0, 0.05) is 38.6 Å². The fourth-order valence-electron chi connectivity index (χ4n) is 7.80. The lowest BCUT2D eigenvalue weighted by molar-refractivity contribution is 0.282. The standard InChI is InChI=1S/C46H33N3O2S2/c1-51-35-24-22-34(23-25-35)47(32-18-14-30(29-50)15-19-32)33-20-16-31(17-21-33)38-28-39-36-8-2-4-10-40(36)48(42-12-6-26-52-42)45(39)46-44(38)37-9-3-5-11-41(37)49(46)43-13-7-27-53-43/h2-28,50H,29H2,1H3. The Hall–Kier alpha value is -6.12. The average molecular weight is 724 g/mol. The monoisotopic (exact) mass is 723 g/mol. The second-order valence-electron chi connectivity index (χ2n) is 13.1. The van der Waals surface area contributed by atoms with Crippen molar-refractivity contribution in [2.24, 2.45) is 0 Å². The average Bonchev–Trinajstić information content (AvgIpc) is 4.04. The predicted octanol–water partition coefficient (Wildman–Crippen LogP) is 12.6. The quantitative estimate of drug-likeness (QED) is 0.170. The van der Waals surface area contributed by atoms with Crippen molar-refractivity contribution < 1.29 is 9.84 Å². The van der Waals surface area contributed by atoms with Gasteiger partial charge in [0.15, 0.2) is 0 Å². The lowest BCUT2D eigenvalue weighted by Crippen LogP contribution is -2.10. The number of hydrogen-bond acceptors (Lipinski definition) is 5. The maximum absolute atomic E-state index is 9.74. The summed E-state index contributed by atoms with van der Waals surface area (Å²) in [6.07, 6.45) is 0. The normalized spacial score (nSPS) is 11.7. The molecule has 0 aliphatic carbocycles. The molecule has 0 fully saturated rings. The van der Waals surface area contributed by atoms with Crippen molar-refractivity contribution >= 4 is 83.3 Å². The molecular formula is C46H33N3O2S2. The molecule has 4 aromatic heterocycles. The molecular weight excluding hydrogens is 691 g/mol. The summed E-state index contributed by atoms with van der Waals surface area (Å²) >= 11 is 3.53. The number of fused-ring (bicyclic) bond motifs is 7. The van der Waals surface area contributed by atoms with Crippen LogP contribution in [0.1, 0.15) is 5.56 Å². The van der Waals surface area contributed by atoms with E-state index in [1.165, 1.54) is 59.2 Å². The van der Waals surface area contributed by atoms with Gasteiger partial charge in [-0.1, -0.05) is 60.7 Å². The Labute approximate surface area is 314 Å². The van der Waals surface area contributed by atoms with E-state index in [4.69, 9.17) is 4.74 Å². The molecule has 256 valence electrons. The molecule has 6 aromatic carbocycles. The van der Waals surface area contributed by atoms with Crippen LogP contribution in [0.2, 0.25) is 0 Å². The molecule has 5 nitrogen and oxygen atoms in total. The number of anilines is 3. The van der Waals surface area contributed by atoms with Gasteiger partial charge in [0.2, 0.25) is 0 Å². The van der Waals surface area contributed by atoms with Gasteiger partial charge in [-0.15, -0.1) is 22.7 Å². The number of rotatable bonds is 8. The van der Waals surface area contributed by atoms with Crippen molar-refractivity contribution in [2.45, 2.75) is 6.61 Å². The van der Waals surface area contributed by atoms with Gasteiger partial charge in [0.25, 0.3) is 0 Å². The largest absolute Gasteiger partial charge is 0.497 e. The van der Waals surface area contributed by atoms with Crippen LogP contribution in [0.5, 0.6) is 5.75 Å². The van der Waals surface area contributed by atoms with Crippen molar-refractivity contribution in [3.05, 3.63) is 168 Å². The highest BCUT2D eigenvalue weighted by Gasteiger charge is 2.25. The Balaban J connectivity index is 1.25. The summed E-state index contributed by atoms with van der Waals surface area (Å²) in [6, 6.07) is 53.9. The molecule has 0 radical (unpaired) electrons. The number of methoxy groups -OCH3 is 1. The lowest BCUT2D eigenvalue weighted by atomic mass is 9.96. The first kappa shape index (κ1) is 31.6. The van der Waals surface area contributed by atoms with Crippen LogP contribution in [0.15, 0.2) is 162 Å². The predicted molar refractivity (Wildman–Crippen MR) is 223 cm³/mol. The van der Waals surface area contributed by atoms with Gasteiger partial charge in [-0.2, -0.15) is 0 Å². The first-order chi connectivity index (χ1) is 26.2. The molecule has 0 saturated carbocycles. The van der Waals surface area contributed by atoms with Crippen LogP contribution in [-0.2, 0) is 6.61 Å². The zero-order valence-electron chi connectivity index (χ0n) is 28.8. The van der Waals surface area contributed by atoms with Crippen molar-refractivity contribution in [1.82, 2.24) is 9.13 Å². The number of nitrogens with zero attached hydrogens (tertiary/aromatic N) is 3. The molecule has 0 bridgehead atoms. The van der Waals surface area contributed by atoms with Gasteiger partial charge in [-0.05, 0) is 118 Å². The van der Waals surface area contributed by atoms with Crippen LogP contribution in [0.3, 0.4) is 0 Å². The van der Waals surface area contributed by atoms with Gasteiger partial charge in [0.1, 0.15) is 15.8 Å². The van der Waals surface area contributed by atoms with Crippen LogP contribution in [0.25, 0.3) is 64.7 Å². The van der Waals surface area contributed by atoms with E-state index in [1.54, 1.807) is 29.8 Å². The number of benzene rings is 6. The Morgan fingerprint density at radius 3 is 1.70 bits per heavy atom. The second-order valence-corrected chi connectivity index (χ2v) is 14.9. The fraction of sp³-hybridized carbons (Fsp3) is 0.0435. The highest BCUT2D eigenvalue weighted by atomic mass is 32.1. The molecule has 53 heavy (non-hydrogen) atoms. The van der Waals surface area contributed by atoms with Gasteiger partial charge in [-0.3, -0.25) is 9.13 Å². The third-order valence-electron chi connectivity index (χ3n) is 10.2. The molecule has 10 aromatic rings. The number of para-hydroxylation sites is 2. The van der Waals surface area contributed by atoms with E-state index in [-0.39, 0.29) is 6.61 Å².